The highest BCUT2D eigenvalue weighted by atomic mass is 15.1. The van der Waals surface area contributed by atoms with Crippen molar-refractivity contribution in [1.82, 2.24) is 0 Å². The normalized spacial score (nSPS) is 14.8. The molecule has 0 aromatic heterocycles. The number of benzene rings is 8. The van der Waals surface area contributed by atoms with Gasteiger partial charge in [-0.15, -0.1) is 0 Å². The maximum Gasteiger partial charge on any atom is 0.0714 e. The van der Waals surface area contributed by atoms with Gasteiger partial charge in [-0.1, -0.05) is 182 Å². The highest BCUT2D eigenvalue weighted by Gasteiger charge is 2.47. The molecular formula is C49H35N. The van der Waals surface area contributed by atoms with Crippen LogP contribution in [0.1, 0.15) is 33.2 Å². The second-order valence-corrected chi connectivity index (χ2v) is 12.2. The fourth-order valence-corrected chi connectivity index (χ4v) is 7.35. The van der Waals surface area contributed by atoms with E-state index in [4.69, 9.17) is 0 Å². The summed E-state index contributed by atoms with van der Waals surface area (Å²) in [5.74, 6) is 0. The molecule has 1 nitrogen and oxygen atoms in total. The molecule has 0 radical (unpaired) electrons. The minimum atomic E-state index is -0.839. The van der Waals surface area contributed by atoms with Crippen molar-refractivity contribution in [3.8, 4) is 33.4 Å². The topological polar surface area (TPSA) is 3.24 Å². The standard InChI is InChI=1S/C49H35N/c1-5-16-36(17-6-1)38-28-32-42(33-29-38)50(43-34-30-39(31-35-43)37-18-7-2-8-19-37)47-27-15-26-46-48(47)44-24-13-14-25-45(44)49(46,40-20-9-3-10-21-40)41-22-11-4-12-23-41/h1-35H/i28D,29D,30D,31D,32D,33D,34D,35D. The predicted molar refractivity (Wildman–Crippen MR) is 209 cm³/mol. The number of hydrogen-bond donors (Lipinski definition) is 0. The van der Waals surface area contributed by atoms with Crippen molar-refractivity contribution in [1.29, 1.82) is 0 Å². The molecule has 0 N–H and O–H groups in total. The van der Waals surface area contributed by atoms with E-state index < -0.39 is 5.41 Å². The van der Waals surface area contributed by atoms with Gasteiger partial charge in [0.05, 0.1) is 22.1 Å². The summed E-state index contributed by atoms with van der Waals surface area (Å²) in [6.07, 6.45) is 0. The summed E-state index contributed by atoms with van der Waals surface area (Å²) in [6, 6.07) is 49.1. The number of rotatable bonds is 7. The van der Waals surface area contributed by atoms with Crippen molar-refractivity contribution in [2.24, 2.45) is 0 Å². The molecular weight excluding hydrogens is 603 g/mol. The summed E-state index contributed by atoms with van der Waals surface area (Å²) >= 11 is 0. The first-order chi connectivity index (χ1) is 28.2. The minimum Gasteiger partial charge on any atom is -0.310 e. The third kappa shape index (κ3) is 4.86. The number of anilines is 3. The van der Waals surface area contributed by atoms with Crippen LogP contribution >= 0.6 is 0 Å². The highest BCUT2D eigenvalue weighted by Crippen LogP contribution is 2.59. The zero-order chi connectivity index (χ0) is 40.3. The lowest BCUT2D eigenvalue weighted by Gasteiger charge is -2.34. The molecule has 0 aliphatic heterocycles. The van der Waals surface area contributed by atoms with Crippen LogP contribution in [0.25, 0.3) is 33.4 Å². The minimum absolute atomic E-state index is 0.120. The summed E-state index contributed by atoms with van der Waals surface area (Å²) in [7, 11) is 0. The van der Waals surface area contributed by atoms with Gasteiger partial charge in [-0.25, -0.2) is 0 Å². The molecule has 0 heterocycles. The predicted octanol–water partition coefficient (Wildman–Crippen LogP) is 12.9. The summed E-state index contributed by atoms with van der Waals surface area (Å²) in [5, 5.41) is 0. The van der Waals surface area contributed by atoms with E-state index in [1.807, 2.05) is 72.8 Å². The Balaban J connectivity index is 1.43. The highest BCUT2D eigenvalue weighted by molar-refractivity contribution is 5.97. The number of hydrogen-bond acceptors (Lipinski definition) is 1. The van der Waals surface area contributed by atoms with Gasteiger partial charge in [-0.05, 0) is 80.3 Å². The number of nitrogens with zero attached hydrogens (tertiary/aromatic N) is 1. The summed E-state index contributed by atoms with van der Waals surface area (Å²) in [4.78, 5) is 1.44. The van der Waals surface area contributed by atoms with Crippen molar-refractivity contribution in [2.75, 3.05) is 4.90 Å². The van der Waals surface area contributed by atoms with Gasteiger partial charge < -0.3 is 4.90 Å². The smallest absolute Gasteiger partial charge is 0.0714 e. The molecule has 0 atom stereocenters. The van der Waals surface area contributed by atoms with Crippen LogP contribution in [0.15, 0.2) is 212 Å². The second-order valence-electron chi connectivity index (χ2n) is 12.2. The van der Waals surface area contributed by atoms with E-state index in [2.05, 4.69) is 36.4 Å². The average molecular weight is 646 g/mol. The Labute approximate surface area is 305 Å². The first kappa shape index (κ1) is 22.2. The monoisotopic (exact) mass is 645 g/mol. The maximum absolute atomic E-state index is 9.62. The van der Waals surface area contributed by atoms with Crippen molar-refractivity contribution >= 4 is 17.1 Å². The number of fused-ring (bicyclic) bond motifs is 3. The molecule has 8 aromatic carbocycles. The Morgan fingerprint density at radius 2 is 0.780 bits per heavy atom. The molecule has 0 spiro atoms. The molecule has 0 amide bonds. The van der Waals surface area contributed by atoms with Gasteiger partial charge in [-0.3, -0.25) is 0 Å². The zero-order valence-electron chi connectivity index (χ0n) is 35.0. The molecule has 1 heteroatoms. The molecule has 50 heavy (non-hydrogen) atoms. The van der Waals surface area contributed by atoms with Gasteiger partial charge >= 0.3 is 0 Å². The molecule has 0 bridgehead atoms. The molecule has 1 aliphatic rings. The Morgan fingerprint density at radius 1 is 0.360 bits per heavy atom. The molecule has 1 aliphatic carbocycles. The van der Waals surface area contributed by atoms with Gasteiger partial charge in [0.1, 0.15) is 0 Å². The van der Waals surface area contributed by atoms with Crippen LogP contribution in [-0.4, -0.2) is 0 Å². The van der Waals surface area contributed by atoms with Crippen molar-refractivity contribution in [3.05, 3.63) is 234 Å². The molecule has 8 aromatic rings. The third-order valence-electron chi connectivity index (χ3n) is 9.50. The van der Waals surface area contributed by atoms with Crippen LogP contribution in [0.5, 0.6) is 0 Å². The van der Waals surface area contributed by atoms with E-state index in [0.29, 0.717) is 22.4 Å². The maximum atomic E-state index is 9.62. The quantitative estimate of drug-likeness (QED) is 0.167. The molecule has 0 fully saturated rings. The van der Waals surface area contributed by atoms with Crippen LogP contribution in [0.2, 0.25) is 0 Å². The molecule has 0 saturated heterocycles. The Hall–Kier alpha value is -6.44. The van der Waals surface area contributed by atoms with Gasteiger partial charge in [0.15, 0.2) is 0 Å². The van der Waals surface area contributed by atoms with E-state index in [9.17, 15) is 11.0 Å². The van der Waals surface area contributed by atoms with Crippen molar-refractivity contribution < 1.29 is 11.0 Å². The molecule has 236 valence electrons. The second kappa shape index (κ2) is 12.5. The largest absolute Gasteiger partial charge is 0.310 e. The van der Waals surface area contributed by atoms with Crippen molar-refractivity contribution in [3.63, 3.8) is 0 Å². The van der Waals surface area contributed by atoms with Gasteiger partial charge in [-0.2, -0.15) is 0 Å². The lowest BCUT2D eigenvalue weighted by atomic mass is 9.68. The van der Waals surface area contributed by atoms with Crippen LogP contribution in [0.4, 0.5) is 17.1 Å². The van der Waals surface area contributed by atoms with Crippen molar-refractivity contribution in [2.45, 2.75) is 5.41 Å². The van der Waals surface area contributed by atoms with E-state index >= 15 is 0 Å². The SMILES string of the molecule is [2H]c1c([2H])c(N(c2cccc3c2-c2ccccc2C3(c2ccccc2)c2ccccc2)c2c([2H])c([2H])c(-c3ccccc3)c([2H])c2[2H])c([2H])c([2H])c1-c1ccccc1. The van der Waals surface area contributed by atoms with Gasteiger partial charge in [0.25, 0.3) is 0 Å². The summed E-state index contributed by atoms with van der Waals surface area (Å²) in [5.41, 5.74) is 5.85. The van der Waals surface area contributed by atoms with Crippen LogP contribution in [0.3, 0.4) is 0 Å². The fraction of sp³-hybridized carbons (Fsp3) is 0.0204. The molecule has 0 unspecified atom stereocenters. The summed E-state index contributed by atoms with van der Waals surface area (Å²) < 4.78 is 75.8. The van der Waals surface area contributed by atoms with E-state index in [1.165, 1.54) is 4.90 Å². The Kier molecular flexibility index (Phi) is 5.58. The first-order valence-electron chi connectivity index (χ1n) is 20.6. The summed E-state index contributed by atoms with van der Waals surface area (Å²) in [6.45, 7) is 0. The lowest BCUT2D eigenvalue weighted by molar-refractivity contribution is 0.768. The third-order valence-corrected chi connectivity index (χ3v) is 9.50. The first-order valence-corrected chi connectivity index (χ1v) is 16.6. The Bertz CT molecular complexity index is 2660. The van der Waals surface area contributed by atoms with Gasteiger partial charge in [0.2, 0.25) is 0 Å². The van der Waals surface area contributed by atoms with E-state index in [-0.39, 0.29) is 70.8 Å². The lowest BCUT2D eigenvalue weighted by Crippen LogP contribution is -2.28. The Morgan fingerprint density at radius 3 is 1.28 bits per heavy atom. The zero-order valence-corrected chi connectivity index (χ0v) is 27.0. The molecule has 0 saturated carbocycles. The fourth-order valence-electron chi connectivity index (χ4n) is 7.35. The average Bonchev–Trinajstić information content (AvgIpc) is 3.57. The van der Waals surface area contributed by atoms with Gasteiger partial charge in [0, 0.05) is 16.9 Å². The molecule has 9 rings (SSSR count). The van der Waals surface area contributed by atoms with E-state index in [0.717, 1.165) is 27.8 Å². The van der Waals surface area contributed by atoms with E-state index in [1.54, 1.807) is 54.6 Å². The van der Waals surface area contributed by atoms with Crippen LogP contribution in [0, 0.1) is 0 Å². The van der Waals surface area contributed by atoms with Crippen LogP contribution in [-0.2, 0) is 5.41 Å². The van der Waals surface area contributed by atoms with Crippen LogP contribution < -0.4 is 4.90 Å².